The average molecular weight is 566 g/mol. The maximum absolute atomic E-state index is 6.83. The number of nitrogens with zero attached hydrogens (tertiary/aromatic N) is 5. The van der Waals surface area contributed by atoms with Crippen molar-refractivity contribution in [2.24, 2.45) is 0 Å². The van der Waals surface area contributed by atoms with E-state index in [0.717, 1.165) is 66.3 Å². The highest BCUT2D eigenvalue weighted by Gasteiger charge is 2.21. The van der Waals surface area contributed by atoms with Crippen LogP contribution in [0.15, 0.2) is 144 Å². The van der Waals surface area contributed by atoms with Gasteiger partial charge in [0, 0.05) is 38.9 Å². The largest absolute Gasteiger partial charge is 0.453 e. The Labute approximate surface area is 251 Å². The van der Waals surface area contributed by atoms with Gasteiger partial charge in [0.2, 0.25) is 0 Å². The first-order valence-corrected chi connectivity index (χ1v) is 14.5. The van der Waals surface area contributed by atoms with Crippen molar-refractivity contribution in [2.75, 3.05) is 0 Å². The minimum atomic E-state index is 0.558. The summed E-state index contributed by atoms with van der Waals surface area (Å²) in [6.07, 6.45) is 1.84. The molecule has 0 spiro atoms. The number of pyridine rings is 1. The van der Waals surface area contributed by atoms with E-state index in [-0.39, 0.29) is 0 Å². The zero-order valence-electron chi connectivity index (χ0n) is 23.4. The lowest BCUT2D eigenvalue weighted by Crippen LogP contribution is -2.00. The number of aromatic nitrogens is 5. The number of para-hydroxylation sites is 3. The number of rotatable bonds is 4. The van der Waals surface area contributed by atoms with Crippen molar-refractivity contribution in [1.82, 2.24) is 24.5 Å². The third kappa shape index (κ3) is 3.75. The summed E-state index contributed by atoms with van der Waals surface area (Å²) in [6.45, 7) is 0. The van der Waals surface area contributed by atoms with Crippen LogP contribution in [0.2, 0.25) is 0 Å². The van der Waals surface area contributed by atoms with Crippen LogP contribution in [0.25, 0.3) is 83.7 Å². The topological polar surface area (TPSA) is 69.6 Å². The van der Waals surface area contributed by atoms with Crippen LogP contribution in [0.3, 0.4) is 0 Å². The fraction of sp³-hybridized carbons (Fsp3) is 0. The number of hydrogen-bond donors (Lipinski definition) is 0. The van der Waals surface area contributed by atoms with Gasteiger partial charge in [-0.1, -0.05) is 103 Å². The quantitative estimate of drug-likeness (QED) is 0.213. The lowest BCUT2D eigenvalue weighted by molar-refractivity contribution is 0.667. The Bertz CT molecular complexity index is 2390. The first kappa shape index (κ1) is 24.5. The SMILES string of the molecule is c1ccc(-c2nc(-c3ccccc3)nc(-c3cccc4c3oc3c(-n5c6ccccc6c6cccnc65)cccc34)n2)cc1. The maximum Gasteiger partial charge on any atom is 0.167 e. The van der Waals surface area contributed by atoms with Crippen LogP contribution in [0.1, 0.15) is 0 Å². The number of furan rings is 1. The second kappa shape index (κ2) is 9.71. The molecule has 9 aromatic rings. The van der Waals surface area contributed by atoms with Gasteiger partial charge in [-0.05, 0) is 30.3 Å². The van der Waals surface area contributed by atoms with E-state index in [1.807, 2.05) is 85.1 Å². The van der Waals surface area contributed by atoms with Gasteiger partial charge < -0.3 is 4.42 Å². The van der Waals surface area contributed by atoms with Crippen molar-refractivity contribution in [3.8, 4) is 39.9 Å². The molecule has 5 aromatic carbocycles. The molecule has 4 aromatic heterocycles. The third-order valence-electron chi connectivity index (χ3n) is 8.12. The third-order valence-corrected chi connectivity index (χ3v) is 8.12. The van der Waals surface area contributed by atoms with Crippen molar-refractivity contribution in [1.29, 1.82) is 0 Å². The van der Waals surface area contributed by atoms with E-state index in [2.05, 4.69) is 59.2 Å². The van der Waals surface area contributed by atoms with E-state index in [1.54, 1.807) is 0 Å². The summed E-state index contributed by atoms with van der Waals surface area (Å²) in [5, 5.41) is 4.26. The van der Waals surface area contributed by atoms with Crippen molar-refractivity contribution < 1.29 is 4.42 Å². The molecule has 206 valence electrons. The standard InChI is InChI=1S/C38H23N5O/c1-3-12-24(13-4-1)35-40-36(25-14-5-2-6-15-25)42-37(41-35)30-19-9-17-27-28-18-10-22-32(34(28)44-33(27)30)43-31-21-8-7-16-26(31)29-20-11-23-39-38(29)43/h1-23H. The second-order valence-electron chi connectivity index (χ2n) is 10.7. The molecule has 0 radical (unpaired) electrons. The Kier molecular flexibility index (Phi) is 5.40. The number of benzene rings is 5. The van der Waals surface area contributed by atoms with Crippen LogP contribution in [0.4, 0.5) is 0 Å². The van der Waals surface area contributed by atoms with Gasteiger partial charge in [-0.3, -0.25) is 4.57 Å². The lowest BCUT2D eigenvalue weighted by Gasteiger charge is -2.08. The summed E-state index contributed by atoms with van der Waals surface area (Å²) in [6, 6.07) is 44.9. The molecule has 0 unspecified atom stereocenters. The van der Waals surface area contributed by atoms with Crippen LogP contribution in [-0.4, -0.2) is 24.5 Å². The number of fused-ring (bicyclic) bond motifs is 6. The van der Waals surface area contributed by atoms with E-state index in [1.165, 1.54) is 0 Å². The molecule has 0 fully saturated rings. The summed E-state index contributed by atoms with van der Waals surface area (Å²) >= 11 is 0. The van der Waals surface area contributed by atoms with Crippen molar-refractivity contribution >= 4 is 43.9 Å². The van der Waals surface area contributed by atoms with Gasteiger partial charge in [-0.15, -0.1) is 0 Å². The molecule has 0 atom stereocenters. The van der Waals surface area contributed by atoms with Gasteiger partial charge in [0.1, 0.15) is 11.2 Å². The minimum Gasteiger partial charge on any atom is -0.453 e. The minimum absolute atomic E-state index is 0.558. The monoisotopic (exact) mass is 565 g/mol. The molecule has 44 heavy (non-hydrogen) atoms. The molecular weight excluding hydrogens is 542 g/mol. The van der Waals surface area contributed by atoms with E-state index in [0.29, 0.717) is 17.5 Å². The van der Waals surface area contributed by atoms with Crippen LogP contribution in [0.5, 0.6) is 0 Å². The Morgan fingerprint density at radius 2 is 1.05 bits per heavy atom. The summed E-state index contributed by atoms with van der Waals surface area (Å²) in [5.74, 6) is 1.78. The molecule has 0 saturated carbocycles. The highest BCUT2D eigenvalue weighted by molar-refractivity contribution is 6.13. The number of hydrogen-bond acceptors (Lipinski definition) is 5. The molecule has 0 aliphatic heterocycles. The fourth-order valence-electron chi connectivity index (χ4n) is 6.13. The molecular formula is C38H23N5O. The first-order valence-electron chi connectivity index (χ1n) is 14.5. The van der Waals surface area contributed by atoms with Crippen molar-refractivity contribution in [3.63, 3.8) is 0 Å². The Balaban J connectivity index is 1.32. The normalized spacial score (nSPS) is 11.6. The lowest BCUT2D eigenvalue weighted by atomic mass is 10.1. The predicted molar refractivity (Wildman–Crippen MR) is 176 cm³/mol. The van der Waals surface area contributed by atoms with Gasteiger partial charge in [0.15, 0.2) is 23.1 Å². The van der Waals surface area contributed by atoms with E-state index in [9.17, 15) is 0 Å². The summed E-state index contributed by atoms with van der Waals surface area (Å²) in [7, 11) is 0. The Morgan fingerprint density at radius 1 is 0.455 bits per heavy atom. The summed E-state index contributed by atoms with van der Waals surface area (Å²) < 4.78 is 9.03. The zero-order chi connectivity index (χ0) is 29.0. The molecule has 9 rings (SSSR count). The molecule has 0 saturated heterocycles. The molecule has 4 heterocycles. The Hall–Kier alpha value is -6.14. The molecule has 6 nitrogen and oxygen atoms in total. The Morgan fingerprint density at radius 3 is 1.80 bits per heavy atom. The van der Waals surface area contributed by atoms with Gasteiger partial charge in [-0.25, -0.2) is 19.9 Å². The van der Waals surface area contributed by atoms with Crippen LogP contribution < -0.4 is 0 Å². The van der Waals surface area contributed by atoms with E-state index in [4.69, 9.17) is 24.4 Å². The van der Waals surface area contributed by atoms with E-state index >= 15 is 0 Å². The summed E-state index contributed by atoms with van der Waals surface area (Å²) in [5.41, 5.74) is 7.06. The maximum atomic E-state index is 6.83. The predicted octanol–water partition coefficient (Wildman–Crippen LogP) is 9.26. The average Bonchev–Trinajstić information content (AvgIpc) is 3.65. The van der Waals surface area contributed by atoms with Crippen LogP contribution >= 0.6 is 0 Å². The zero-order valence-corrected chi connectivity index (χ0v) is 23.4. The highest BCUT2D eigenvalue weighted by Crippen LogP contribution is 2.40. The second-order valence-corrected chi connectivity index (χ2v) is 10.7. The van der Waals surface area contributed by atoms with Crippen molar-refractivity contribution in [3.05, 3.63) is 140 Å². The summed E-state index contributed by atoms with van der Waals surface area (Å²) in [4.78, 5) is 19.6. The van der Waals surface area contributed by atoms with Gasteiger partial charge >= 0.3 is 0 Å². The van der Waals surface area contributed by atoms with Gasteiger partial charge in [0.05, 0.1) is 16.8 Å². The van der Waals surface area contributed by atoms with Gasteiger partial charge in [-0.2, -0.15) is 0 Å². The molecule has 0 amide bonds. The van der Waals surface area contributed by atoms with Crippen LogP contribution in [0, 0.1) is 0 Å². The molecule has 0 aliphatic rings. The molecule has 0 bridgehead atoms. The smallest absolute Gasteiger partial charge is 0.167 e. The highest BCUT2D eigenvalue weighted by atomic mass is 16.3. The van der Waals surface area contributed by atoms with Crippen molar-refractivity contribution in [2.45, 2.75) is 0 Å². The molecule has 6 heteroatoms. The van der Waals surface area contributed by atoms with Crippen LogP contribution in [-0.2, 0) is 0 Å². The van der Waals surface area contributed by atoms with E-state index < -0.39 is 0 Å². The molecule has 0 aliphatic carbocycles. The fourth-order valence-corrected chi connectivity index (χ4v) is 6.13. The van der Waals surface area contributed by atoms with Gasteiger partial charge in [0.25, 0.3) is 0 Å². The molecule has 0 N–H and O–H groups in total. The first-order chi connectivity index (χ1) is 21.8.